The van der Waals surface area contributed by atoms with E-state index in [1.54, 1.807) is 0 Å². The van der Waals surface area contributed by atoms with E-state index in [0.29, 0.717) is 13.0 Å². The lowest BCUT2D eigenvalue weighted by molar-refractivity contribution is 0.481. The van der Waals surface area contributed by atoms with Crippen LogP contribution in [0.4, 0.5) is 10.1 Å². The average Bonchev–Trinajstić information content (AvgIpc) is 2.19. The number of rotatable bonds is 5. The summed E-state index contributed by atoms with van der Waals surface area (Å²) in [6.45, 7) is 2.29. The standard InChI is InChI=1S/C11H15ClFN/c1-9(12)10-5-2-3-6-11(10)14-8-4-7-13/h2-3,5-6,9,14H,4,7-8H2,1H3. The van der Waals surface area contributed by atoms with Gasteiger partial charge in [0.1, 0.15) is 0 Å². The maximum Gasteiger partial charge on any atom is 0.0911 e. The van der Waals surface area contributed by atoms with Crippen LogP contribution in [0.15, 0.2) is 24.3 Å². The van der Waals surface area contributed by atoms with Gasteiger partial charge in [0, 0.05) is 12.2 Å². The Hall–Kier alpha value is -0.760. The molecule has 0 fully saturated rings. The molecule has 14 heavy (non-hydrogen) atoms. The first kappa shape index (κ1) is 11.3. The molecule has 1 N–H and O–H groups in total. The highest BCUT2D eigenvalue weighted by atomic mass is 35.5. The van der Waals surface area contributed by atoms with Gasteiger partial charge in [0.25, 0.3) is 0 Å². The van der Waals surface area contributed by atoms with Crippen molar-refractivity contribution in [1.29, 1.82) is 0 Å². The monoisotopic (exact) mass is 215 g/mol. The van der Waals surface area contributed by atoms with Gasteiger partial charge < -0.3 is 5.32 Å². The van der Waals surface area contributed by atoms with E-state index in [4.69, 9.17) is 11.6 Å². The molecule has 1 nitrogen and oxygen atoms in total. The van der Waals surface area contributed by atoms with Crippen molar-refractivity contribution in [2.75, 3.05) is 18.5 Å². The van der Waals surface area contributed by atoms with Gasteiger partial charge in [-0.15, -0.1) is 11.6 Å². The Bertz CT molecular complexity index is 276. The highest BCUT2D eigenvalue weighted by Gasteiger charge is 2.05. The van der Waals surface area contributed by atoms with Crippen LogP contribution in [-0.4, -0.2) is 13.2 Å². The van der Waals surface area contributed by atoms with Gasteiger partial charge in [-0.2, -0.15) is 0 Å². The molecule has 1 atom stereocenters. The Balaban J connectivity index is 2.64. The molecule has 0 heterocycles. The van der Waals surface area contributed by atoms with Gasteiger partial charge in [0.2, 0.25) is 0 Å². The minimum Gasteiger partial charge on any atom is -0.385 e. The second kappa shape index (κ2) is 5.86. The maximum atomic E-state index is 11.9. The Kier molecular flexibility index (Phi) is 4.74. The van der Waals surface area contributed by atoms with Crippen LogP contribution in [0.25, 0.3) is 0 Å². The van der Waals surface area contributed by atoms with Crippen LogP contribution in [0.2, 0.25) is 0 Å². The number of benzene rings is 1. The van der Waals surface area contributed by atoms with Crippen LogP contribution in [-0.2, 0) is 0 Å². The number of halogens is 2. The lowest BCUT2D eigenvalue weighted by Gasteiger charge is -2.12. The zero-order valence-electron chi connectivity index (χ0n) is 8.26. The van der Waals surface area contributed by atoms with Crippen molar-refractivity contribution in [2.24, 2.45) is 0 Å². The molecule has 1 unspecified atom stereocenters. The summed E-state index contributed by atoms with van der Waals surface area (Å²) < 4.78 is 11.9. The van der Waals surface area contributed by atoms with Crippen LogP contribution < -0.4 is 5.32 Å². The van der Waals surface area contributed by atoms with E-state index in [9.17, 15) is 4.39 Å². The average molecular weight is 216 g/mol. The first-order valence-corrected chi connectivity index (χ1v) is 5.22. The molecule has 3 heteroatoms. The highest BCUT2D eigenvalue weighted by Crippen LogP contribution is 2.26. The number of alkyl halides is 2. The molecule has 78 valence electrons. The molecule has 0 aliphatic carbocycles. The van der Waals surface area contributed by atoms with Gasteiger partial charge in [-0.25, -0.2) is 0 Å². The molecule has 0 aromatic heterocycles. The molecule has 0 spiro atoms. The smallest absolute Gasteiger partial charge is 0.0911 e. The number of anilines is 1. The van der Waals surface area contributed by atoms with Crippen molar-refractivity contribution in [3.8, 4) is 0 Å². The van der Waals surface area contributed by atoms with Crippen molar-refractivity contribution in [3.63, 3.8) is 0 Å². The first-order valence-electron chi connectivity index (χ1n) is 4.78. The van der Waals surface area contributed by atoms with Gasteiger partial charge in [-0.3, -0.25) is 4.39 Å². The normalized spacial score (nSPS) is 12.5. The first-order chi connectivity index (χ1) is 6.75. The van der Waals surface area contributed by atoms with Gasteiger partial charge in [0.05, 0.1) is 12.1 Å². The van der Waals surface area contributed by atoms with Crippen LogP contribution in [0.3, 0.4) is 0 Å². The predicted octanol–water partition coefficient (Wildman–Crippen LogP) is 3.76. The van der Waals surface area contributed by atoms with Crippen molar-refractivity contribution in [1.82, 2.24) is 0 Å². The van der Waals surface area contributed by atoms with E-state index >= 15 is 0 Å². The van der Waals surface area contributed by atoms with E-state index < -0.39 is 0 Å². The summed E-state index contributed by atoms with van der Waals surface area (Å²) in [5.74, 6) is 0. The van der Waals surface area contributed by atoms with Crippen LogP contribution in [0.1, 0.15) is 24.3 Å². The van der Waals surface area contributed by atoms with Crippen LogP contribution in [0.5, 0.6) is 0 Å². The van der Waals surface area contributed by atoms with E-state index in [0.717, 1.165) is 11.3 Å². The number of hydrogen-bond acceptors (Lipinski definition) is 1. The summed E-state index contributed by atoms with van der Waals surface area (Å²) in [4.78, 5) is 0. The molecule has 0 amide bonds. The molecular weight excluding hydrogens is 201 g/mol. The van der Waals surface area contributed by atoms with Gasteiger partial charge in [-0.1, -0.05) is 18.2 Å². The van der Waals surface area contributed by atoms with Crippen molar-refractivity contribution >= 4 is 17.3 Å². The number of hydrogen-bond donors (Lipinski definition) is 1. The molecule has 0 bridgehead atoms. The molecule has 1 rings (SSSR count). The third-order valence-electron chi connectivity index (χ3n) is 2.02. The van der Waals surface area contributed by atoms with Crippen LogP contribution >= 0.6 is 11.6 Å². The minimum atomic E-state index is -0.286. The zero-order valence-corrected chi connectivity index (χ0v) is 9.02. The predicted molar refractivity (Wildman–Crippen MR) is 59.8 cm³/mol. The maximum absolute atomic E-state index is 11.9. The van der Waals surface area contributed by atoms with E-state index in [1.807, 2.05) is 31.2 Å². The van der Waals surface area contributed by atoms with Crippen LogP contribution in [0, 0.1) is 0 Å². The quantitative estimate of drug-likeness (QED) is 0.583. The Morgan fingerprint density at radius 1 is 1.43 bits per heavy atom. The molecule has 0 saturated carbocycles. The Morgan fingerprint density at radius 2 is 2.14 bits per heavy atom. The van der Waals surface area contributed by atoms with Gasteiger partial charge in [0.15, 0.2) is 0 Å². The highest BCUT2D eigenvalue weighted by molar-refractivity contribution is 6.21. The third-order valence-corrected chi connectivity index (χ3v) is 2.25. The van der Waals surface area contributed by atoms with E-state index in [-0.39, 0.29) is 12.1 Å². The lowest BCUT2D eigenvalue weighted by atomic mass is 10.1. The summed E-state index contributed by atoms with van der Waals surface area (Å²) in [5.41, 5.74) is 2.07. The zero-order chi connectivity index (χ0) is 10.4. The fraction of sp³-hybridized carbons (Fsp3) is 0.455. The second-order valence-corrected chi connectivity index (χ2v) is 3.83. The molecule has 0 aliphatic heterocycles. The number of nitrogens with one attached hydrogen (secondary N) is 1. The van der Waals surface area contributed by atoms with Gasteiger partial charge in [-0.05, 0) is 25.0 Å². The summed E-state index contributed by atoms with van der Waals surface area (Å²) in [7, 11) is 0. The minimum absolute atomic E-state index is 0.0240. The van der Waals surface area contributed by atoms with Gasteiger partial charge >= 0.3 is 0 Å². The third kappa shape index (κ3) is 3.18. The SMILES string of the molecule is CC(Cl)c1ccccc1NCCCF. The molecule has 1 aromatic carbocycles. The largest absolute Gasteiger partial charge is 0.385 e. The number of para-hydroxylation sites is 1. The lowest BCUT2D eigenvalue weighted by Crippen LogP contribution is -2.04. The molecular formula is C11H15ClFN. The molecule has 0 aliphatic rings. The van der Waals surface area contributed by atoms with Crippen molar-refractivity contribution in [2.45, 2.75) is 18.7 Å². The Morgan fingerprint density at radius 3 is 2.79 bits per heavy atom. The summed E-state index contributed by atoms with van der Waals surface area (Å²) >= 11 is 6.01. The molecule has 0 radical (unpaired) electrons. The van der Waals surface area contributed by atoms with E-state index in [2.05, 4.69) is 5.32 Å². The fourth-order valence-electron chi connectivity index (χ4n) is 1.29. The summed E-state index contributed by atoms with van der Waals surface area (Å²) in [6.07, 6.45) is 0.533. The van der Waals surface area contributed by atoms with E-state index in [1.165, 1.54) is 0 Å². The topological polar surface area (TPSA) is 12.0 Å². The molecule has 0 saturated heterocycles. The van der Waals surface area contributed by atoms with Crippen molar-refractivity contribution < 1.29 is 4.39 Å². The Labute approximate surface area is 89.3 Å². The summed E-state index contributed by atoms with van der Waals surface area (Å²) in [5, 5.41) is 3.15. The van der Waals surface area contributed by atoms with Crippen molar-refractivity contribution in [3.05, 3.63) is 29.8 Å². The fourth-order valence-corrected chi connectivity index (χ4v) is 1.49. The molecule has 1 aromatic rings. The second-order valence-electron chi connectivity index (χ2n) is 3.17. The summed E-state index contributed by atoms with van der Waals surface area (Å²) in [6, 6.07) is 7.84.